The number of nitrogens with one attached hydrogen (secondary N) is 2. The van der Waals surface area contributed by atoms with Crippen LogP contribution in [0.25, 0.3) is 0 Å². The van der Waals surface area contributed by atoms with Gasteiger partial charge in [0.2, 0.25) is 0 Å². The molecule has 0 bridgehead atoms. The van der Waals surface area contributed by atoms with E-state index in [0.29, 0.717) is 13.2 Å². The average Bonchev–Trinajstić information content (AvgIpc) is 2.98. The third kappa shape index (κ3) is 8.38. The van der Waals surface area contributed by atoms with Gasteiger partial charge in [0, 0.05) is 5.56 Å². The molecule has 1 unspecified atom stereocenters. The van der Waals surface area contributed by atoms with E-state index in [0.717, 1.165) is 16.7 Å². The van der Waals surface area contributed by atoms with E-state index >= 15 is 0 Å². The third-order valence-electron chi connectivity index (χ3n) is 6.48. The second kappa shape index (κ2) is 14.4. The first-order valence-electron chi connectivity index (χ1n) is 12.9. The number of halogens is 3. The van der Waals surface area contributed by atoms with Crippen LogP contribution in [0.1, 0.15) is 23.0 Å². The van der Waals surface area contributed by atoms with Crippen LogP contribution in [0.4, 0.5) is 0 Å². The molecule has 0 saturated carbocycles. The Morgan fingerprint density at radius 2 is 1.30 bits per heavy atom. The summed E-state index contributed by atoms with van der Waals surface area (Å²) in [5, 5.41) is 0. The molecule has 0 aliphatic carbocycles. The van der Waals surface area contributed by atoms with Gasteiger partial charge >= 0.3 is 0 Å². The quantitative estimate of drug-likeness (QED) is 0.0985. The lowest BCUT2D eigenvalue weighted by molar-refractivity contribution is -0.373. The molecule has 2 aliphatic heterocycles. The molecule has 2 heterocycles. The van der Waals surface area contributed by atoms with Gasteiger partial charge < -0.3 is 28.4 Å². The fourth-order valence-corrected chi connectivity index (χ4v) is 4.82. The van der Waals surface area contributed by atoms with Crippen molar-refractivity contribution in [3.8, 4) is 0 Å². The number of rotatable bonds is 11. The molecule has 3 aromatic rings. The first-order valence-corrected chi connectivity index (χ1v) is 14.1. The monoisotopic (exact) mass is 608 g/mol. The smallest absolute Gasteiger partial charge is 0.257 e. The van der Waals surface area contributed by atoms with Crippen LogP contribution in [0.2, 0.25) is 0 Å². The molecule has 2 saturated heterocycles. The second-order valence-electron chi connectivity index (χ2n) is 9.35. The fraction of sp³-hybridized carbons (Fsp3) is 0.379. The summed E-state index contributed by atoms with van der Waals surface area (Å²) < 4.78 is 36.2. The Balaban J connectivity index is 1.38. The molecule has 0 aromatic heterocycles. The highest BCUT2D eigenvalue weighted by molar-refractivity contribution is 6.67. The lowest BCUT2D eigenvalue weighted by atomic mass is 9.97. The van der Waals surface area contributed by atoms with Crippen LogP contribution >= 0.6 is 34.8 Å². The molecule has 40 heavy (non-hydrogen) atoms. The number of ether oxygens (including phenoxy) is 6. The van der Waals surface area contributed by atoms with E-state index in [1.54, 1.807) is 0 Å². The minimum atomic E-state index is -1.70. The van der Waals surface area contributed by atoms with Crippen LogP contribution in [0.5, 0.6) is 0 Å². The van der Waals surface area contributed by atoms with E-state index in [2.05, 4.69) is 10.9 Å². The zero-order valence-electron chi connectivity index (χ0n) is 21.5. The van der Waals surface area contributed by atoms with Gasteiger partial charge in [-0.2, -0.15) is 0 Å². The van der Waals surface area contributed by atoms with E-state index in [9.17, 15) is 0 Å². The minimum Gasteiger partial charge on any atom is -0.368 e. The number of fused-ring (bicyclic) bond motifs is 1. The Kier molecular flexibility index (Phi) is 10.7. The summed E-state index contributed by atoms with van der Waals surface area (Å²) in [5.41, 5.74) is 8.17. The second-order valence-corrected chi connectivity index (χ2v) is 11.6. The molecule has 2 N–H and O–H groups in total. The molecule has 214 valence electrons. The number of hydrogen-bond donors (Lipinski definition) is 2. The van der Waals surface area contributed by atoms with E-state index in [4.69, 9.17) is 63.2 Å². The van der Waals surface area contributed by atoms with Crippen LogP contribution in [0, 0.1) is 0 Å². The standard InChI is InChI=1S/C29H31Cl3N2O6/c30-29(31,32)34-33-19-38-28-26(36-17-21-12-6-2-7-13-21)25(35-16-20-10-4-1-5-11-20)24-23(39-28)18-37-27(40-24)22-14-8-3-9-15-22/h1-15,23-28,33-34H,16-19H2/t23-,24-,25+,26+,27?,28+/m1/s1. The van der Waals surface area contributed by atoms with Gasteiger partial charge in [-0.25, -0.2) is 10.9 Å². The lowest BCUT2D eigenvalue weighted by Gasteiger charge is -2.49. The first-order chi connectivity index (χ1) is 19.5. The van der Waals surface area contributed by atoms with Crippen LogP contribution < -0.4 is 10.9 Å². The molecule has 6 atom stereocenters. The van der Waals surface area contributed by atoms with Crippen LogP contribution in [-0.4, -0.2) is 48.0 Å². The van der Waals surface area contributed by atoms with Crippen molar-refractivity contribution < 1.29 is 28.4 Å². The van der Waals surface area contributed by atoms with Gasteiger partial charge in [0.15, 0.2) is 12.6 Å². The molecular weight excluding hydrogens is 579 g/mol. The van der Waals surface area contributed by atoms with Crippen molar-refractivity contribution in [1.82, 2.24) is 10.9 Å². The molecule has 2 fully saturated rings. The number of hydrogen-bond acceptors (Lipinski definition) is 8. The Morgan fingerprint density at radius 3 is 1.90 bits per heavy atom. The maximum atomic E-state index is 6.55. The van der Waals surface area contributed by atoms with Crippen molar-refractivity contribution in [3.05, 3.63) is 108 Å². The molecule has 5 rings (SSSR count). The number of hydrazine groups is 1. The van der Waals surface area contributed by atoms with Crippen LogP contribution in [-0.2, 0) is 41.6 Å². The summed E-state index contributed by atoms with van der Waals surface area (Å²) in [5.74, 6) is 0. The fourth-order valence-electron chi connectivity index (χ4n) is 4.62. The van der Waals surface area contributed by atoms with Crippen LogP contribution in [0.3, 0.4) is 0 Å². The van der Waals surface area contributed by atoms with E-state index in [1.165, 1.54) is 0 Å². The maximum Gasteiger partial charge on any atom is 0.257 e. The summed E-state index contributed by atoms with van der Waals surface area (Å²) in [7, 11) is 0. The molecule has 3 aromatic carbocycles. The van der Waals surface area contributed by atoms with Gasteiger partial charge in [-0.15, -0.1) is 0 Å². The summed E-state index contributed by atoms with van der Waals surface area (Å²) >= 11 is 17.3. The molecule has 0 amide bonds. The number of alkyl halides is 3. The van der Waals surface area contributed by atoms with Gasteiger partial charge in [-0.05, 0) is 11.1 Å². The summed E-state index contributed by atoms with van der Waals surface area (Å²) in [6.07, 6.45) is -3.58. The van der Waals surface area contributed by atoms with Crippen molar-refractivity contribution in [2.45, 2.75) is 54.1 Å². The van der Waals surface area contributed by atoms with E-state index in [-0.39, 0.29) is 13.3 Å². The molecule has 8 nitrogen and oxygen atoms in total. The van der Waals surface area contributed by atoms with Crippen molar-refractivity contribution >= 4 is 34.8 Å². The SMILES string of the molecule is ClC(Cl)(Cl)NNCO[C@H]1O[C@@H]2COC(c3ccccc3)O[C@H]2[C@H](OCc2ccccc2)[C@@H]1OCc1ccccc1. The molecule has 11 heteroatoms. The predicted octanol–water partition coefficient (Wildman–Crippen LogP) is 5.39. The highest BCUT2D eigenvalue weighted by Crippen LogP contribution is 2.37. The van der Waals surface area contributed by atoms with Crippen molar-refractivity contribution in [2.24, 2.45) is 0 Å². The van der Waals surface area contributed by atoms with Crippen LogP contribution in [0.15, 0.2) is 91.0 Å². The van der Waals surface area contributed by atoms with Crippen molar-refractivity contribution in [2.75, 3.05) is 13.3 Å². The summed E-state index contributed by atoms with van der Waals surface area (Å²) in [6.45, 7) is 0.900. The topological polar surface area (TPSA) is 79.4 Å². The molecular formula is C29H31Cl3N2O6. The highest BCUT2D eigenvalue weighted by atomic mass is 35.6. The Labute approximate surface area is 248 Å². The zero-order valence-corrected chi connectivity index (χ0v) is 23.8. The largest absolute Gasteiger partial charge is 0.368 e. The summed E-state index contributed by atoms with van der Waals surface area (Å²) in [6, 6.07) is 29.6. The lowest BCUT2D eigenvalue weighted by Crippen LogP contribution is -2.64. The predicted molar refractivity (Wildman–Crippen MR) is 151 cm³/mol. The van der Waals surface area contributed by atoms with E-state index in [1.807, 2.05) is 91.0 Å². The molecule has 0 spiro atoms. The normalized spacial score (nSPS) is 26.8. The van der Waals surface area contributed by atoms with Gasteiger partial charge in [0.05, 0.1) is 19.8 Å². The molecule has 0 radical (unpaired) electrons. The Hall–Kier alpha value is -1.79. The highest BCUT2D eigenvalue weighted by Gasteiger charge is 2.52. The maximum absolute atomic E-state index is 6.55. The zero-order chi connectivity index (χ0) is 27.8. The minimum absolute atomic E-state index is 0.0408. The van der Waals surface area contributed by atoms with Crippen molar-refractivity contribution in [3.63, 3.8) is 0 Å². The van der Waals surface area contributed by atoms with Gasteiger partial charge in [-0.3, -0.25) is 0 Å². The van der Waals surface area contributed by atoms with E-state index < -0.39 is 40.9 Å². The van der Waals surface area contributed by atoms with Crippen molar-refractivity contribution in [1.29, 1.82) is 0 Å². The Morgan fingerprint density at radius 1 is 0.725 bits per heavy atom. The van der Waals surface area contributed by atoms with Gasteiger partial charge in [0.25, 0.3) is 3.92 Å². The Bertz CT molecular complexity index is 1160. The molecule has 2 aliphatic rings. The van der Waals surface area contributed by atoms with Gasteiger partial charge in [0.1, 0.15) is 31.1 Å². The van der Waals surface area contributed by atoms with Gasteiger partial charge in [-0.1, -0.05) is 126 Å². The summed E-state index contributed by atoms with van der Waals surface area (Å²) in [4.78, 5) is 0. The third-order valence-corrected chi connectivity index (χ3v) is 6.76. The first kappa shape index (κ1) is 29.7. The number of benzene rings is 3. The average molecular weight is 610 g/mol.